The first-order valence-electron chi connectivity index (χ1n) is 6.04. The zero-order valence-corrected chi connectivity index (χ0v) is 10.1. The van der Waals surface area contributed by atoms with Gasteiger partial charge in [0.2, 0.25) is 0 Å². The van der Waals surface area contributed by atoms with Crippen LogP contribution in [0.1, 0.15) is 27.8 Å². The molecule has 0 heterocycles. The second-order valence-electron chi connectivity index (χ2n) is 4.61. The van der Waals surface area contributed by atoms with Gasteiger partial charge in [-0.2, -0.15) is 0 Å². The molecule has 0 spiro atoms. The topological polar surface area (TPSA) is 9.23 Å². The maximum absolute atomic E-state index is 5.28. The van der Waals surface area contributed by atoms with Gasteiger partial charge in [0.05, 0.1) is 6.61 Å². The zero-order chi connectivity index (χ0) is 11.7. The maximum atomic E-state index is 5.28. The van der Waals surface area contributed by atoms with Gasteiger partial charge in [0.1, 0.15) is 0 Å². The highest BCUT2D eigenvalue weighted by molar-refractivity contribution is 5.48. The fourth-order valence-corrected chi connectivity index (χ4v) is 2.67. The van der Waals surface area contributed by atoms with Gasteiger partial charge in [-0.3, -0.25) is 0 Å². The summed E-state index contributed by atoms with van der Waals surface area (Å²) in [5.74, 6) is 0. The van der Waals surface area contributed by atoms with Crippen molar-refractivity contribution in [3.63, 3.8) is 0 Å². The second-order valence-corrected chi connectivity index (χ2v) is 4.61. The number of hydrogen-bond donors (Lipinski definition) is 0. The first-order valence-corrected chi connectivity index (χ1v) is 6.04. The van der Waals surface area contributed by atoms with Gasteiger partial charge < -0.3 is 4.74 Å². The van der Waals surface area contributed by atoms with Gasteiger partial charge in [-0.1, -0.05) is 42.5 Å². The van der Waals surface area contributed by atoms with Gasteiger partial charge in [0, 0.05) is 7.11 Å². The summed E-state index contributed by atoms with van der Waals surface area (Å²) in [6.07, 6.45) is 2.11. The van der Waals surface area contributed by atoms with Crippen molar-refractivity contribution in [3.05, 3.63) is 70.3 Å². The lowest BCUT2D eigenvalue weighted by atomic mass is 9.84. The Labute approximate surface area is 102 Å². The van der Waals surface area contributed by atoms with Crippen molar-refractivity contribution in [2.24, 2.45) is 0 Å². The fourth-order valence-electron chi connectivity index (χ4n) is 2.67. The Kier molecular flexibility index (Phi) is 2.69. The molecule has 17 heavy (non-hydrogen) atoms. The molecule has 2 aromatic rings. The molecule has 3 rings (SSSR count). The smallest absolute Gasteiger partial charge is 0.0715 e. The number of methoxy groups -OCH3 is 1. The van der Waals surface area contributed by atoms with Crippen LogP contribution in [0.5, 0.6) is 0 Å². The molecule has 0 aliphatic heterocycles. The molecular weight excluding hydrogens is 208 g/mol. The molecule has 0 unspecified atom stereocenters. The third-order valence-electron chi connectivity index (χ3n) is 3.54. The summed E-state index contributed by atoms with van der Waals surface area (Å²) in [5, 5.41) is 0. The summed E-state index contributed by atoms with van der Waals surface area (Å²) < 4.78 is 5.28. The van der Waals surface area contributed by atoms with Crippen LogP contribution in [0.25, 0.3) is 0 Å². The minimum absolute atomic E-state index is 0.714. The Morgan fingerprint density at radius 2 is 1.59 bits per heavy atom. The Bertz CT molecular complexity index is 543. The number of ether oxygens (including phenoxy) is 1. The highest BCUT2D eigenvalue weighted by atomic mass is 16.5. The highest BCUT2D eigenvalue weighted by Crippen LogP contribution is 2.29. The minimum atomic E-state index is 0.714. The van der Waals surface area contributed by atoms with Gasteiger partial charge in [-0.15, -0.1) is 0 Å². The molecule has 86 valence electrons. The van der Waals surface area contributed by atoms with E-state index >= 15 is 0 Å². The summed E-state index contributed by atoms with van der Waals surface area (Å²) >= 11 is 0. The normalized spacial score (nSPS) is 13.0. The molecule has 0 radical (unpaired) electrons. The standard InChI is InChI=1S/C16H16O/c1-17-11-15-8-4-7-14-9-12-5-2-3-6-13(12)10-16(14)15/h2-8H,9-11H2,1H3. The zero-order valence-electron chi connectivity index (χ0n) is 10.1. The van der Waals surface area contributed by atoms with E-state index in [0.717, 1.165) is 12.8 Å². The first-order chi connectivity index (χ1) is 8.38. The molecule has 0 fully saturated rings. The molecule has 0 aromatic heterocycles. The molecule has 0 bridgehead atoms. The summed E-state index contributed by atoms with van der Waals surface area (Å²) in [5.41, 5.74) is 7.18. The fraction of sp³-hybridized carbons (Fsp3) is 0.250. The van der Waals surface area contributed by atoms with Gasteiger partial charge in [0.25, 0.3) is 0 Å². The van der Waals surface area contributed by atoms with Gasteiger partial charge in [-0.05, 0) is 40.7 Å². The second kappa shape index (κ2) is 4.34. The average molecular weight is 224 g/mol. The number of rotatable bonds is 2. The molecule has 1 nitrogen and oxygen atoms in total. The summed E-state index contributed by atoms with van der Waals surface area (Å²) in [7, 11) is 1.76. The molecule has 0 N–H and O–H groups in total. The largest absolute Gasteiger partial charge is 0.380 e. The SMILES string of the molecule is COCc1cccc2c1Cc1ccccc1C2. The van der Waals surface area contributed by atoms with Crippen LogP contribution in [0.2, 0.25) is 0 Å². The van der Waals surface area contributed by atoms with Crippen LogP contribution in [0.15, 0.2) is 42.5 Å². The van der Waals surface area contributed by atoms with Crippen LogP contribution in [-0.2, 0) is 24.2 Å². The van der Waals surface area contributed by atoms with E-state index in [-0.39, 0.29) is 0 Å². The Morgan fingerprint density at radius 1 is 0.882 bits per heavy atom. The van der Waals surface area contributed by atoms with E-state index in [2.05, 4.69) is 42.5 Å². The predicted octanol–water partition coefficient (Wildman–Crippen LogP) is 3.33. The third kappa shape index (κ3) is 1.87. The average Bonchev–Trinajstić information content (AvgIpc) is 2.37. The third-order valence-corrected chi connectivity index (χ3v) is 3.54. The Balaban J connectivity index is 2.05. The van der Waals surface area contributed by atoms with Gasteiger partial charge >= 0.3 is 0 Å². The van der Waals surface area contributed by atoms with E-state index in [1.807, 2.05) is 0 Å². The quantitative estimate of drug-likeness (QED) is 0.648. The summed E-state index contributed by atoms with van der Waals surface area (Å²) in [4.78, 5) is 0. The Hall–Kier alpha value is -1.60. The molecule has 1 aliphatic rings. The van der Waals surface area contributed by atoms with Crippen molar-refractivity contribution in [2.45, 2.75) is 19.4 Å². The van der Waals surface area contributed by atoms with Crippen molar-refractivity contribution >= 4 is 0 Å². The number of benzene rings is 2. The lowest BCUT2D eigenvalue weighted by molar-refractivity contribution is 0.184. The number of fused-ring (bicyclic) bond motifs is 2. The monoisotopic (exact) mass is 224 g/mol. The van der Waals surface area contributed by atoms with Crippen molar-refractivity contribution in [3.8, 4) is 0 Å². The maximum Gasteiger partial charge on any atom is 0.0715 e. The lowest BCUT2D eigenvalue weighted by Crippen LogP contribution is -2.10. The van der Waals surface area contributed by atoms with E-state index in [1.165, 1.54) is 27.8 Å². The van der Waals surface area contributed by atoms with E-state index in [9.17, 15) is 0 Å². The molecule has 0 saturated heterocycles. The van der Waals surface area contributed by atoms with Crippen molar-refractivity contribution < 1.29 is 4.74 Å². The van der Waals surface area contributed by atoms with Crippen LogP contribution in [0, 0.1) is 0 Å². The van der Waals surface area contributed by atoms with Crippen molar-refractivity contribution in [1.82, 2.24) is 0 Å². The predicted molar refractivity (Wildman–Crippen MR) is 69.2 cm³/mol. The minimum Gasteiger partial charge on any atom is -0.380 e. The summed E-state index contributed by atoms with van der Waals surface area (Å²) in [6.45, 7) is 0.714. The summed E-state index contributed by atoms with van der Waals surface area (Å²) in [6, 6.07) is 15.3. The molecule has 2 aromatic carbocycles. The van der Waals surface area contributed by atoms with Gasteiger partial charge in [0.15, 0.2) is 0 Å². The van der Waals surface area contributed by atoms with Crippen LogP contribution in [-0.4, -0.2) is 7.11 Å². The van der Waals surface area contributed by atoms with Crippen LogP contribution in [0.4, 0.5) is 0 Å². The Morgan fingerprint density at radius 3 is 2.35 bits per heavy atom. The molecule has 1 heteroatoms. The molecule has 1 aliphatic carbocycles. The van der Waals surface area contributed by atoms with Crippen LogP contribution < -0.4 is 0 Å². The van der Waals surface area contributed by atoms with Crippen molar-refractivity contribution in [1.29, 1.82) is 0 Å². The molecule has 0 atom stereocenters. The first kappa shape index (κ1) is 10.5. The van der Waals surface area contributed by atoms with E-state index in [0.29, 0.717) is 6.61 Å². The number of hydrogen-bond acceptors (Lipinski definition) is 1. The van der Waals surface area contributed by atoms with Crippen LogP contribution >= 0.6 is 0 Å². The molecular formula is C16H16O. The van der Waals surface area contributed by atoms with Gasteiger partial charge in [-0.25, -0.2) is 0 Å². The van der Waals surface area contributed by atoms with E-state index < -0.39 is 0 Å². The molecule has 0 amide bonds. The van der Waals surface area contributed by atoms with Crippen LogP contribution in [0.3, 0.4) is 0 Å². The lowest BCUT2D eigenvalue weighted by Gasteiger charge is -2.22. The molecule has 0 saturated carbocycles. The highest BCUT2D eigenvalue weighted by Gasteiger charge is 2.16. The van der Waals surface area contributed by atoms with Crippen molar-refractivity contribution in [2.75, 3.05) is 7.11 Å². The van der Waals surface area contributed by atoms with E-state index in [1.54, 1.807) is 7.11 Å². The van der Waals surface area contributed by atoms with E-state index in [4.69, 9.17) is 4.74 Å².